The quantitative estimate of drug-likeness (QED) is 0.111. The van der Waals surface area contributed by atoms with E-state index in [1.54, 1.807) is 9.13 Å². The molecule has 0 atom stereocenters. The molecule has 0 saturated carbocycles. The Bertz CT molecular complexity index is 1180. The van der Waals surface area contributed by atoms with E-state index in [9.17, 15) is 19.8 Å². The Morgan fingerprint density at radius 1 is 0.568 bits per heavy atom. The second-order valence-corrected chi connectivity index (χ2v) is 12.9. The van der Waals surface area contributed by atoms with Crippen LogP contribution in [0.2, 0.25) is 0 Å². The largest absolute Gasteiger partial charge is 0.493 e. The maximum Gasteiger partial charge on any atom is 0.331 e. The Hall–Kier alpha value is -2.42. The lowest BCUT2D eigenvalue weighted by Crippen LogP contribution is -2.25. The molecule has 2 rings (SSSR count). The van der Waals surface area contributed by atoms with E-state index in [0.29, 0.717) is 31.6 Å². The molecule has 0 fully saturated rings. The van der Waals surface area contributed by atoms with Gasteiger partial charge in [0.15, 0.2) is 0 Å². The van der Waals surface area contributed by atoms with Crippen LogP contribution < -0.4 is 11.4 Å². The number of rotatable bonds is 25. The Morgan fingerprint density at radius 2 is 0.932 bits per heavy atom. The number of aryl methyl sites for hydroxylation is 2. The fourth-order valence-corrected chi connectivity index (χ4v) is 6.96. The molecule has 0 aliphatic rings. The molecule has 2 aromatic rings. The van der Waals surface area contributed by atoms with Crippen LogP contribution in [-0.2, 0) is 30.9 Å². The first-order valence-corrected chi connectivity index (χ1v) is 17.7. The highest BCUT2D eigenvalue weighted by Gasteiger charge is 2.26. The summed E-state index contributed by atoms with van der Waals surface area (Å²) in [6.07, 6.45) is 19.6. The van der Waals surface area contributed by atoms with E-state index in [1.807, 2.05) is 13.8 Å². The molecule has 2 heterocycles. The zero-order valence-electron chi connectivity index (χ0n) is 28.9. The number of aromatic nitrogens is 4. The van der Waals surface area contributed by atoms with Crippen LogP contribution in [-0.4, -0.2) is 41.7 Å². The van der Waals surface area contributed by atoms with E-state index in [4.69, 9.17) is 4.74 Å². The van der Waals surface area contributed by atoms with Gasteiger partial charge in [-0.25, -0.2) is 9.59 Å². The van der Waals surface area contributed by atoms with Gasteiger partial charge in [0, 0.05) is 39.4 Å². The molecule has 0 aromatic carbocycles. The minimum atomic E-state index is -0.119. The van der Waals surface area contributed by atoms with Crippen LogP contribution in [0.15, 0.2) is 22.0 Å². The van der Waals surface area contributed by atoms with Gasteiger partial charge < -0.3 is 14.9 Å². The highest BCUT2D eigenvalue weighted by Crippen LogP contribution is 2.39. The van der Waals surface area contributed by atoms with Gasteiger partial charge in [0.05, 0.1) is 12.4 Å². The minimum absolute atomic E-state index is 0.0674. The summed E-state index contributed by atoms with van der Waals surface area (Å²) in [4.78, 5) is 24.7. The first-order valence-electron chi connectivity index (χ1n) is 17.7. The van der Waals surface area contributed by atoms with Crippen molar-refractivity contribution in [3.8, 4) is 11.8 Å². The SMILES string of the molecule is CCn1cc(O)n(CCCCC(CC)(CC)CCCCOCCCCC(CC)(CC)CCCn2c(O)cn(CC)c2=O)c1=O. The normalized spacial score (nSPS) is 12.4. The number of hydrogen-bond donors (Lipinski definition) is 2. The highest BCUT2D eigenvalue weighted by molar-refractivity contribution is 5.05. The van der Waals surface area contributed by atoms with Gasteiger partial charge in [0.2, 0.25) is 11.8 Å². The third-order valence-corrected chi connectivity index (χ3v) is 10.6. The van der Waals surface area contributed by atoms with Crippen LogP contribution in [0.5, 0.6) is 11.8 Å². The average molecular weight is 621 g/mol. The first kappa shape index (κ1) is 37.8. The van der Waals surface area contributed by atoms with Gasteiger partial charge in [-0.2, -0.15) is 0 Å². The van der Waals surface area contributed by atoms with Crippen molar-refractivity contribution in [2.45, 2.75) is 164 Å². The molecule has 0 radical (unpaired) electrons. The van der Waals surface area contributed by atoms with Crippen molar-refractivity contribution in [1.82, 2.24) is 18.3 Å². The van der Waals surface area contributed by atoms with E-state index in [-0.39, 0.29) is 28.6 Å². The van der Waals surface area contributed by atoms with Gasteiger partial charge in [0.25, 0.3) is 0 Å². The van der Waals surface area contributed by atoms with E-state index in [2.05, 4.69) is 27.7 Å². The van der Waals surface area contributed by atoms with Crippen LogP contribution in [0.25, 0.3) is 0 Å². The Balaban J connectivity index is 1.63. The highest BCUT2D eigenvalue weighted by atomic mass is 16.5. The molecule has 0 unspecified atom stereocenters. The van der Waals surface area contributed by atoms with Crippen LogP contribution in [0.1, 0.15) is 138 Å². The molecule has 2 N–H and O–H groups in total. The fraction of sp³-hybridized carbons (Fsp3) is 0.829. The summed E-state index contributed by atoms with van der Waals surface area (Å²) >= 11 is 0. The molecule has 0 aliphatic carbocycles. The zero-order valence-corrected chi connectivity index (χ0v) is 28.9. The predicted molar refractivity (Wildman–Crippen MR) is 180 cm³/mol. The molecule has 0 amide bonds. The van der Waals surface area contributed by atoms with Gasteiger partial charge in [-0.05, 0) is 76.0 Å². The van der Waals surface area contributed by atoms with Crippen molar-refractivity contribution in [3.63, 3.8) is 0 Å². The lowest BCUT2D eigenvalue weighted by molar-refractivity contribution is 0.113. The summed E-state index contributed by atoms with van der Waals surface area (Å²) in [5.74, 6) is 0.136. The molecule has 0 saturated heterocycles. The number of imidazole rings is 2. The molecule has 2 aromatic heterocycles. The van der Waals surface area contributed by atoms with Crippen LogP contribution in [0.4, 0.5) is 0 Å². The Morgan fingerprint density at radius 3 is 1.30 bits per heavy atom. The molecule has 254 valence electrons. The molecular formula is C35H64N4O5. The van der Waals surface area contributed by atoms with E-state index in [0.717, 1.165) is 77.4 Å². The monoisotopic (exact) mass is 620 g/mol. The van der Waals surface area contributed by atoms with Crippen LogP contribution in [0, 0.1) is 10.8 Å². The molecule has 0 aliphatic heterocycles. The van der Waals surface area contributed by atoms with E-state index >= 15 is 0 Å². The second kappa shape index (κ2) is 19.2. The molecule has 44 heavy (non-hydrogen) atoms. The summed E-state index contributed by atoms with van der Waals surface area (Å²) in [7, 11) is 0. The molecular weight excluding hydrogens is 556 g/mol. The van der Waals surface area contributed by atoms with Crippen molar-refractivity contribution in [1.29, 1.82) is 0 Å². The third-order valence-electron chi connectivity index (χ3n) is 10.6. The van der Waals surface area contributed by atoms with Crippen molar-refractivity contribution < 1.29 is 14.9 Å². The van der Waals surface area contributed by atoms with Gasteiger partial charge in [-0.3, -0.25) is 18.3 Å². The van der Waals surface area contributed by atoms with Crippen molar-refractivity contribution in [3.05, 3.63) is 33.4 Å². The van der Waals surface area contributed by atoms with E-state index < -0.39 is 0 Å². The number of aromatic hydroxyl groups is 2. The maximum absolute atomic E-state index is 12.4. The predicted octanol–water partition coefficient (Wildman–Crippen LogP) is 7.68. The summed E-state index contributed by atoms with van der Waals surface area (Å²) in [6.45, 7) is 16.9. The fourth-order valence-electron chi connectivity index (χ4n) is 6.96. The number of ether oxygens (including phenoxy) is 1. The van der Waals surface area contributed by atoms with Gasteiger partial charge >= 0.3 is 11.4 Å². The van der Waals surface area contributed by atoms with Crippen LogP contribution >= 0.6 is 0 Å². The Labute approximate surface area is 266 Å². The van der Waals surface area contributed by atoms with Gasteiger partial charge in [-0.1, -0.05) is 72.6 Å². The summed E-state index contributed by atoms with van der Waals surface area (Å²) in [5, 5.41) is 20.2. The van der Waals surface area contributed by atoms with Crippen LogP contribution in [0.3, 0.4) is 0 Å². The molecule has 0 spiro atoms. The second-order valence-electron chi connectivity index (χ2n) is 12.9. The number of nitrogens with zero attached hydrogens (tertiary/aromatic N) is 4. The summed E-state index contributed by atoms with van der Waals surface area (Å²) in [6, 6.07) is 0. The van der Waals surface area contributed by atoms with Crippen molar-refractivity contribution >= 4 is 0 Å². The summed E-state index contributed by atoms with van der Waals surface area (Å²) < 4.78 is 12.1. The maximum atomic E-state index is 12.4. The standard InChI is InChI=1S/C35H64N4O5/c1-7-34(8-2,20-13-16-24-38-30(40)28-36(11-5)32(38)42)21-14-17-26-44-27-18-15-22-35(9-3,10-4)23-19-25-39-31(41)29-37(12-6)33(39)43/h28-29,40-41H,7-27H2,1-6H3. The third kappa shape index (κ3) is 10.6. The minimum Gasteiger partial charge on any atom is -0.493 e. The van der Waals surface area contributed by atoms with Gasteiger partial charge in [-0.15, -0.1) is 0 Å². The topological polar surface area (TPSA) is 104 Å². The molecule has 9 heteroatoms. The molecule has 0 bridgehead atoms. The lowest BCUT2D eigenvalue weighted by Gasteiger charge is -2.32. The smallest absolute Gasteiger partial charge is 0.331 e. The van der Waals surface area contributed by atoms with E-state index in [1.165, 1.54) is 53.6 Å². The van der Waals surface area contributed by atoms with Crippen molar-refractivity contribution in [2.75, 3.05) is 13.2 Å². The first-order chi connectivity index (χ1) is 21.1. The summed E-state index contributed by atoms with van der Waals surface area (Å²) in [5.41, 5.74) is 0.393. The zero-order chi connectivity index (χ0) is 32.6. The van der Waals surface area contributed by atoms with Crippen molar-refractivity contribution in [2.24, 2.45) is 10.8 Å². The lowest BCUT2D eigenvalue weighted by atomic mass is 9.74. The average Bonchev–Trinajstić information content (AvgIpc) is 3.48. The molecule has 9 nitrogen and oxygen atoms in total. The number of unbranched alkanes of at least 4 members (excludes halogenated alkanes) is 3. The number of hydrogen-bond acceptors (Lipinski definition) is 5. The Kier molecular flexibility index (Phi) is 16.5. The van der Waals surface area contributed by atoms with Gasteiger partial charge in [0.1, 0.15) is 0 Å².